The van der Waals surface area contributed by atoms with Gasteiger partial charge in [-0.05, 0) is 25.2 Å². The number of nitrogens with two attached hydrogens (primary N) is 1. The second kappa shape index (κ2) is 4.09. The van der Waals surface area contributed by atoms with E-state index in [1.165, 1.54) is 7.11 Å². The predicted octanol–water partition coefficient (Wildman–Crippen LogP) is 1.46. The molecule has 1 saturated carbocycles. The number of unbranched alkanes of at least 4 members (excludes halogenated alkanes) is 1. The summed E-state index contributed by atoms with van der Waals surface area (Å²) in [6, 6.07) is 0. The molecule has 1 atom stereocenters. The van der Waals surface area contributed by atoms with Crippen LogP contribution in [0.2, 0.25) is 0 Å². The number of methoxy groups -OCH3 is 1. The molecule has 0 aliphatic heterocycles. The van der Waals surface area contributed by atoms with Crippen molar-refractivity contribution < 1.29 is 9.53 Å². The quantitative estimate of drug-likeness (QED) is 0.660. The molecule has 0 aromatic rings. The number of hydrogen-bond donors (Lipinski definition) is 1. The summed E-state index contributed by atoms with van der Waals surface area (Å²) in [5.74, 6) is 0.134. The second-order valence-electron chi connectivity index (χ2n) is 3.91. The molecule has 13 heavy (non-hydrogen) atoms. The van der Waals surface area contributed by atoms with E-state index in [0.29, 0.717) is 5.92 Å². The van der Waals surface area contributed by atoms with Gasteiger partial charge in [0.2, 0.25) is 0 Å². The molecular formula is C10H19NO2. The Morgan fingerprint density at radius 3 is 2.62 bits per heavy atom. The Labute approximate surface area is 79.6 Å². The summed E-state index contributed by atoms with van der Waals surface area (Å²) in [5.41, 5.74) is 5.38. The van der Waals surface area contributed by atoms with Gasteiger partial charge in [-0.25, -0.2) is 0 Å². The monoisotopic (exact) mass is 185 g/mol. The lowest BCUT2D eigenvalue weighted by Gasteiger charge is -2.26. The van der Waals surface area contributed by atoms with Gasteiger partial charge in [0.1, 0.15) is 5.54 Å². The Hall–Kier alpha value is -0.570. The minimum Gasteiger partial charge on any atom is -0.468 e. The molecule has 0 amide bonds. The van der Waals surface area contributed by atoms with Crippen LogP contribution in [-0.4, -0.2) is 18.6 Å². The van der Waals surface area contributed by atoms with Gasteiger partial charge in [-0.3, -0.25) is 4.79 Å². The van der Waals surface area contributed by atoms with Crippen molar-refractivity contribution in [2.45, 2.75) is 44.6 Å². The Bertz CT molecular complexity index is 189. The van der Waals surface area contributed by atoms with Crippen molar-refractivity contribution >= 4 is 5.97 Å². The van der Waals surface area contributed by atoms with Crippen molar-refractivity contribution in [2.24, 2.45) is 11.7 Å². The number of carbonyl (C=O) groups is 1. The van der Waals surface area contributed by atoms with Gasteiger partial charge in [-0.15, -0.1) is 0 Å². The first-order valence-corrected chi connectivity index (χ1v) is 5.02. The van der Waals surface area contributed by atoms with Gasteiger partial charge >= 0.3 is 5.97 Å². The van der Waals surface area contributed by atoms with Crippen molar-refractivity contribution in [2.75, 3.05) is 7.11 Å². The number of carbonyl (C=O) groups excluding carboxylic acids is 1. The van der Waals surface area contributed by atoms with Crippen molar-refractivity contribution in [3.63, 3.8) is 0 Å². The third-order valence-electron chi connectivity index (χ3n) is 2.82. The van der Waals surface area contributed by atoms with Crippen LogP contribution in [0.1, 0.15) is 39.0 Å². The maximum absolute atomic E-state index is 11.5. The highest BCUT2D eigenvalue weighted by Crippen LogP contribution is 2.41. The molecule has 2 N–H and O–H groups in total. The lowest BCUT2D eigenvalue weighted by atomic mass is 9.88. The largest absolute Gasteiger partial charge is 0.468 e. The predicted molar refractivity (Wildman–Crippen MR) is 51.2 cm³/mol. The zero-order chi connectivity index (χ0) is 9.90. The van der Waals surface area contributed by atoms with E-state index >= 15 is 0 Å². The first-order valence-electron chi connectivity index (χ1n) is 5.02. The molecule has 0 unspecified atom stereocenters. The lowest BCUT2D eigenvalue weighted by Crippen LogP contribution is -2.50. The van der Waals surface area contributed by atoms with Crippen LogP contribution < -0.4 is 5.73 Å². The fourth-order valence-corrected chi connectivity index (χ4v) is 1.73. The topological polar surface area (TPSA) is 52.3 Å². The number of hydrogen-bond acceptors (Lipinski definition) is 3. The molecule has 3 nitrogen and oxygen atoms in total. The molecule has 0 radical (unpaired) electrons. The highest BCUT2D eigenvalue weighted by molar-refractivity contribution is 5.81. The molecular weight excluding hydrogens is 166 g/mol. The number of esters is 1. The average molecular weight is 185 g/mol. The van der Waals surface area contributed by atoms with Crippen LogP contribution in [0, 0.1) is 5.92 Å². The minimum atomic E-state index is -0.690. The molecule has 0 aromatic carbocycles. The summed E-state index contributed by atoms with van der Waals surface area (Å²) in [4.78, 5) is 11.5. The number of rotatable bonds is 5. The van der Waals surface area contributed by atoms with Gasteiger partial charge in [-0.2, -0.15) is 0 Å². The Morgan fingerprint density at radius 1 is 1.62 bits per heavy atom. The van der Waals surface area contributed by atoms with E-state index in [2.05, 4.69) is 6.92 Å². The smallest absolute Gasteiger partial charge is 0.326 e. The SMILES string of the molecule is CCCC[C@](N)(C(=O)OC)C1CC1. The molecule has 1 fully saturated rings. The van der Waals surface area contributed by atoms with Gasteiger partial charge in [-0.1, -0.05) is 19.8 Å². The molecule has 1 aliphatic carbocycles. The molecule has 0 heterocycles. The van der Waals surface area contributed by atoms with Gasteiger partial charge < -0.3 is 10.5 Å². The van der Waals surface area contributed by atoms with Crippen LogP contribution >= 0.6 is 0 Å². The van der Waals surface area contributed by atoms with E-state index in [0.717, 1.165) is 32.1 Å². The molecule has 76 valence electrons. The lowest BCUT2D eigenvalue weighted by molar-refractivity contribution is -0.148. The molecule has 1 aliphatic rings. The van der Waals surface area contributed by atoms with Gasteiger partial charge in [0.15, 0.2) is 0 Å². The molecule has 1 rings (SSSR count). The summed E-state index contributed by atoms with van der Waals surface area (Å²) in [7, 11) is 1.41. The summed E-state index contributed by atoms with van der Waals surface area (Å²) < 4.78 is 4.75. The van der Waals surface area contributed by atoms with Crippen LogP contribution in [-0.2, 0) is 9.53 Å². The standard InChI is InChI=1S/C10H19NO2/c1-3-4-7-10(11,8-5-6-8)9(12)13-2/h8H,3-7,11H2,1-2H3/t10-/m1/s1. The van der Waals surface area contributed by atoms with Crippen molar-refractivity contribution in [1.82, 2.24) is 0 Å². The van der Waals surface area contributed by atoms with Gasteiger partial charge in [0, 0.05) is 0 Å². The Kier molecular flexibility index (Phi) is 3.31. The van der Waals surface area contributed by atoms with E-state index in [4.69, 9.17) is 10.5 Å². The van der Waals surface area contributed by atoms with Crippen LogP contribution in [0.3, 0.4) is 0 Å². The Morgan fingerprint density at radius 2 is 2.23 bits per heavy atom. The molecule has 0 saturated heterocycles. The third-order valence-corrected chi connectivity index (χ3v) is 2.82. The fourth-order valence-electron chi connectivity index (χ4n) is 1.73. The first kappa shape index (κ1) is 10.5. The van der Waals surface area contributed by atoms with E-state index < -0.39 is 5.54 Å². The van der Waals surface area contributed by atoms with Gasteiger partial charge in [0.25, 0.3) is 0 Å². The average Bonchev–Trinajstić information content (AvgIpc) is 2.96. The zero-order valence-corrected chi connectivity index (χ0v) is 8.51. The van der Waals surface area contributed by atoms with Crippen LogP contribution in [0.15, 0.2) is 0 Å². The van der Waals surface area contributed by atoms with Gasteiger partial charge in [0.05, 0.1) is 7.11 Å². The van der Waals surface area contributed by atoms with Crippen LogP contribution in [0.5, 0.6) is 0 Å². The fraction of sp³-hybridized carbons (Fsp3) is 0.900. The van der Waals surface area contributed by atoms with Crippen LogP contribution in [0.4, 0.5) is 0 Å². The minimum absolute atomic E-state index is 0.233. The Balaban J connectivity index is 2.56. The summed E-state index contributed by atoms with van der Waals surface area (Å²) in [6.07, 6.45) is 5.00. The normalized spacial score (nSPS) is 20.8. The van der Waals surface area contributed by atoms with Crippen molar-refractivity contribution in [1.29, 1.82) is 0 Å². The van der Waals surface area contributed by atoms with Crippen LogP contribution in [0.25, 0.3) is 0 Å². The maximum Gasteiger partial charge on any atom is 0.326 e. The summed E-state index contributed by atoms with van der Waals surface area (Å²) in [5, 5.41) is 0. The number of ether oxygens (including phenoxy) is 1. The molecule has 0 aromatic heterocycles. The highest BCUT2D eigenvalue weighted by atomic mass is 16.5. The van der Waals surface area contributed by atoms with Crippen molar-refractivity contribution in [3.05, 3.63) is 0 Å². The first-order chi connectivity index (χ1) is 6.15. The summed E-state index contributed by atoms with van der Waals surface area (Å²) in [6.45, 7) is 2.10. The van der Waals surface area contributed by atoms with Crippen molar-refractivity contribution in [3.8, 4) is 0 Å². The second-order valence-corrected chi connectivity index (χ2v) is 3.91. The highest BCUT2D eigenvalue weighted by Gasteiger charge is 2.48. The van der Waals surface area contributed by atoms with E-state index in [9.17, 15) is 4.79 Å². The molecule has 3 heteroatoms. The van der Waals surface area contributed by atoms with E-state index in [1.54, 1.807) is 0 Å². The molecule has 0 bridgehead atoms. The maximum atomic E-state index is 11.5. The molecule has 0 spiro atoms. The summed E-state index contributed by atoms with van der Waals surface area (Å²) >= 11 is 0. The van der Waals surface area contributed by atoms with E-state index in [1.807, 2.05) is 0 Å². The third kappa shape index (κ3) is 2.21. The van der Waals surface area contributed by atoms with E-state index in [-0.39, 0.29) is 5.97 Å². The zero-order valence-electron chi connectivity index (χ0n) is 8.51.